The van der Waals surface area contributed by atoms with E-state index in [4.69, 9.17) is 11.0 Å². The first-order chi connectivity index (χ1) is 7.15. The minimum Gasteiger partial charge on any atom is -0.383 e. The molecule has 1 heterocycles. The second-order valence-electron chi connectivity index (χ2n) is 3.77. The maximum atomic E-state index is 9.01. The molecule has 0 aliphatic rings. The SMILES string of the molecule is CCCc1nn([C@H](C)CC)c(N)c1C#N. The lowest BCUT2D eigenvalue weighted by Gasteiger charge is -2.10. The van der Waals surface area contributed by atoms with Crippen LogP contribution in [-0.4, -0.2) is 9.78 Å². The Morgan fingerprint density at radius 2 is 2.20 bits per heavy atom. The van der Waals surface area contributed by atoms with Crippen molar-refractivity contribution in [1.29, 1.82) is 5.26 Å². The Morgan fingerprint density at radius 1 is 1.53 bits per heavy atom. The lowest BCUT2D eigenvalue weighted by molar-refractivity contribution is 0.480. The fourth-order valence-corrected chi connectivity index (χ4v) is 1.54. The molecule has 4 heteroatoms. The molecule has 1 aromatic rings. The molecule has 0 saturated carbocycles. The number of aryl methyl sites for hydroxylation is 1. The van der Waals surface area contributed by atoms with Gasteiger partial charge in [0.05, 0.1) is 11.7 Å². The molecule has 82 valence electrons. The highest BCUT2D eigenvalue weighted by Gasteiger charge is 2.16. The summed E-state index contributed by atoms with van der Waals surface area (Å²) in [6, 6.07) is 2.39. The summed E-state index contributed by atoms with van der Waals surface area (Å²) >= 11 is 0. The van der Waals surface area contributed by atoms with E-state index >= 15 is 0 Å². The number of hydrogen-bond acceptors (Lipinski definition) is 3. The quantitative estimate of drug-likeness (QED) is 0.821. The van der Waals surface area contributed by atoms with Gasteiger partial charge in [-0.15, -0.1) is 0 Å². The van der Waals surface area contributed by atoms with Crippen LogP contribution in [0.15, 0.2) is 0 Å². The third-order valence-corrected chi connectivity index (χ3v) is 2.63. The van der Waals surface area contributed by atoms with Crippen LogP contribution >= 0.6 is 0 Å². The van der Waals surface area contributed by atoms with Gasteiger partial charge in [-0.25, -0.2) is 4.68 Å². The zero-order chi connectivity index (χ0) is 11.4. The van der Waals surface area contributed by atoms with E-state index in [-0.39, 0.29) is 6.04 Å². The van der Waals surface area contributed by atoms with Gasteiger partial charge in [0.1, 0.15) is 17.5 Å². The first kappa shape index (κ1) is 11.6. The molecule has 2 N–H and O–H groups in total. The normalized spacial score (nSPS) is 12.4. The number of hydrogen-bond donors (Lipinski definition) is 1. The summed E-state index contributed by atoms with van der Waals surface area (Å²) < 4.78 is 1.77. The highest BCUT2D eigenvalue weighted by Crippen LogP contribution is 2.22. The third kappa shape index (κ3) is 2.12. The van der Waals surface area contributed by atoms with Crippen molar-refractivity contribution in [3.63, 3.8) is 0 Å². The molecular weight excluding hydrogens is 188 g/mol. The van der Waals surface area contributed by atoms with Gasteiger partial charge in [0.2, 0.25) is 0 Å². The molecule has 0 bridgehead atoms. The average Bonchev–Trinajstić information content (AvgIpc) is 2.55. The second kappa shape index (κ2) is 4.83. The summed E-state index contributed by atoms with van der Waals surface area (Å²) in [5.74, 6) is 0.510. The monoisotopic (exact) mass is 206 g/mol. The van der Waals surface area contributed by atoms with Crippen LogP contribution in [0, 0.1) is 11.3 Å². The van der Waals surface area contributed by atoms with Gasteiger partial charge < -0.3 is 5.73 Å². The van der Waals surface area contributed by atoms with E-state index in [1.54, 1.807) is 4.68 Å². The largest absolute Gasteiger partial charge is 0.383 e. The van der Waals surface area contributed by atoms with Crippen LogP contribution in [0.5, 0.6) is 0 Å². The third-order valence-electron chi connectivity index (χ3n) is 2.63. The molecular formula is C11H18N4. The first-order valence-electron chi connectivity index (χ1n) is 5.42. The van der Waals surface area contributed by atoms with Gasteiger partial charge in [0, 0.05) is 0 Å². The minimum atomic E-state index is 0.253. The fourth-order valence-electron chi connectivity index (χ4n) is 1.54. The molecule has 1 rings (SSSR count). The zero-order valence-corrected chi connectivity index (χ0v) is 9.62. The van der Waals surface area contributed by atoms with E-state index in [1.165, 1.54) is 0 Å². The Balaban J connectivity index is 3.16. The number of nitriles is 1. The van der Waals surface area contributed by atoms with E-state index in [1.807, 2.05) is 0 Å². The smallest absolute Gasteiger partial charge is 0.140 e. The van der Waals surface area contributed by atoms with Crippen LogP contribution in [0.4, 0.5) is 5.82 Å². The van der Waals surface area contributed by atoms with E-state index in [2.05, 4.69) is 31.9 Å². The predicted octanol–water partition coefficient (Wildman–Crippen LogP) is 2.26. The molecule has 15 heavy (non-hydrogen) atoms. The highest BCUT2D eigenvalue weighted by molar-refractivity contribution is 5.52. The van der Waals surface area contributed by atoms with Gasteiger partial charge in [-0.05, 0) is 19.8 Å². The van der Waals surface area contributed by atoms with Crippen molar-refractivity contribution in [2.45, 2.75) is 46.1 Å². The van der Waals surface area contributed by atoms with Gasteiger partial charge in [-0.2, -0.15) is 10.4 Å². The first-order valence-corrected chi connectivity index (χ1v) is 5.42. The van der Waals surface area contributed by atoms with Crippen molar-refractivity contribution in [3.05, 3.63) is 11.3 Å². The van der Waals surface area contributed by atoms with E-state index in [0.717, 1.165) is 25.0 Å². The van der Waals surface area contributed by atoms with Gasteiger partial charge in [-0.1, -0.05) is 20.3 Å². The Kier molecular flexibility index (Phi) is 3.73. The molecule has 1 aromatic heterocycles. The average molecular weight is 206 g/mol. The van der Waals surface area contributed by atoms with E-state index in [0.29, 0.717) is 11.4 Å². The maximum Gasteiger partial charge on any atom is 0.140 e. The number of rotatable bonds is 4. The number of nitrogens with zero attached hydrogens (tertiary/aromatic N) is 3. The maximum absolute atomic E-state index is 9.01. The second-order valence-corrected chi connectivity index (χ2v) is 3.77. The summed E-state index contributed by atoms with van der Waals surface area (Å²) in [5, 5.41) is 13.4. The molecule has 4 nitrogen and oxygen atoms in total. The molecule has 0 unspecified atom stereocenters. The van der Waals surface area contributed by atoms with Crippen molar-refractivity contribution >= 4 is 5.82 Å². The number of nitrogens with two attached hydrogens (primary N) is 1. The summed E-state index contributed by atoms with van der Waals surface area (Å²) in [7, 11) is 0. The molecule has 0 spiro atoms. The van der Waals surface area contributed by atoms with Crippen LogP contribution in [-0.2, 0) is 6.42 Å². The summed E-state index contributed by atoms with van der Waals surface area (Å²) in [4.78, 5) is 0. The van der Waals surface area contributed by atoms with Gasteiger partial charge in [0.15, 0.2) is 0 Å². The van der Waals surface area contributed by atoms with Crippen LogP contribution in [0.3, 0.4) is 0 Å². The minimum absolute atomic E-state index is 0.253. The standard InChI is InChI=1S/C11H18N4/c1-4-6-10-9(7-12)11(13)15(14-10)8(3)5-2/h8H,4-6,13H2,1-3H3/t8-/m1/s1. The van der Waals surface area contributed by atoms with E-state index in [9.17, 15) is 0 Å². The van der Waals surface area contributed by atoms with Crippen molar-refractivity contribution in [2.75, 3.05) is 5.73 Å². The Hall–Kier alpha value is -1.50. The Morgan fingerprint density at radius 3 is 2.67 bits per heavy atom. The number of aromatic nitrogens is 2. The molecule has 0 saturated heterocycles. The summed E-state index contributed by atoms with van der Waals surface area (Å²) in [6.45, 7) is 6.21. The molecule has 0 aromatic carbocycles. The molecule has 0 aliphatic heterocycles. The van der Waals surface area contributed by atoms with E-state index < -0.39 is 0 Å². The lowest BCUT2D eigenvalue weighted by atomic mass is 10.1. The van der Waals surface area contributed by atoms with Crippen molar-refractivity contribution in [1.82, 2.24) is 9.78 Å². The highest BCUT2D eigenvalue weighted by atomic mass is 15.3. The Labute approximate surface area is 90.7 Å². The van der Waals surface area contributed by atoms with Crippen LogP contribution in [0.2, 0.25) is 0 Å². The summed E-state index contributed by atoms with van der Waals surface area (Å²) in [5.41, 5.74) is 7.28. The van der Waals surface area contributed by atoms with Gasteiger partial charge in [-0.3, -0.25) is 0 Å². The van der Waals surface area contributed by atoms with Crippen molar-refractivity contribution in [2.24, 2.45) is 0 Å². The van der Waals surface area contributed by atoms with Crippen molar-refractivity contribution in [3.8, 4) is 6.07 Å². The Bertz CT molecular complexity index is 373. The van der Waals surface area contributed by atoms with Crippen LogP contribution in [0.25, 0.3) is 0 Å². The zero-order valence-electron chi connectivity index (χ0n) is 9.62. The fraction of sp³-hybridized carbons (Fsp3) is 0.636. The number of anilines is 1. The van der Waals surface area contributed by atoms with Crippen LogP contribution in [0.1, 0.15) is 50.9 Å². The van der Waals surface area contributed by atoms with Gasteiger partial charge in [0.25, 0.3) is 0 Å². The molecule has 0 amide bonds. The molecule has 0 aliphatic carbocycles. The molecule has 0 radical (unpaired) electrons. The molecule has 1 atom stereocenters. The molecule has 0 fully saturated rings. The predicted molar refractivity (Wildman–Crippen MR) is 60.4 cm³/mol. The van der Waals surface area contributed by atoms with Crippen LogP contribution < -0.4 is 5.73 Å². The lowest BCUT2D eigenvalue weighted by Crippen LogP contribution is -2.09. The summed E-state index contributed by atoms with van der Waals surface area (Å²) in [6.07, 6.45) is 2.75. The number of nitrogen functional groups attached to an aromatic ring is 1. The topological polar surface area (TPSA) is 67.6 Å². The van der Waals surface area contributed by atoms with Crippen molar-refractivity contribution < 1.29 is 0 Å². The van der Waals surface area contributed by atoms with Gasteiger partial charge >= 0.3 is 0 Å².